The molecule has 1 amide bonds. The minimum Gasteiger partial charge on any atom is -0.493 e. The number of nitrogens with zero attached hydrogens (tertiary/aromatic N) is 1. The lowest BCUT2D eigenvalue weighted by molar-refractivity contribution is -0.132. The molecule has 0 N–H and O–H groups in total. The standard InChI is InChI=1S/C17H16BrNO4/c1-19-8-10-11(18)6-12(22-2)16-15(10)17(7-14(19)21)4-3-9(20)5-13(17)23-16/h3-4,6,13H,5,7-8H2,1-2H3. The van der Waals surface area contributed by atoms with Gasteiger partial charge in [-0.3, -0.25) is 9.59 Å². The van der Waals surface area contributed by atoms with Gasteiger partial charge in [-0.15, -0.1) is 0 Å². The van der Waals surface area contributed by atoms with E-state index >= 15 is 0 Å². The summed E-state index contributed by atoms with van der Waals surface area (Å²) in [4.78, 5) is 26.2. The predicted octanol–water partition coefficient (Wildman–Crippen LogP) is 2.35. The fourth-order valence-electron chi connectivity index (χ4n) is 3.85. The summed E-state index contributed by atoms with van der Waals surface area (Å²) in [5, 5.41) is 0. The number of amides is 1. The van der Waals surface area contributed by atoms with E-state index in [2.05, 4.69) is 15.9 Å². The zero-order valence-corrected chi connectivity index (χ0v) is 14.5. The van der Waals surface area contributed by atoms with Crippen LogP contribution in [0.4, 0.5) is 0 Å². The zero-order chi connectivity index (χ0) is 16.4. The quantitative estimate of drug-likeness (QED) is 0.753. The van der Waals surface area contributed by atoms with Crippen molar-refractivity contribution >= 4 is 27.6 Å². The minimum atomic E-state index is -0.586. The van der Waals surface area contributed by atoms with Gasteiger partial charge in [0.15, 0.2) is 17.3 Å². The Hall–Kier alpha value is -1.82. The van der Waals surface area contributed by atoms with Gasteiger partial charge in [0.05, 0.1) is 12.5 Å². The number of hydrogen-bond donors (Lipinski definition) is 0. The maximum atomic E-state index is 12.6. The molecule has 0 radical (unpaired) electrons. The number of carbonyl (C=O) groups excluding carboxylic acids is 2. The number of benzene rings is 1. The Kier molecular flexibility index (Phi) is 3.10. The number of hydrogen-bond acceptors (Lipinski definition) is 4. The first-order chi connectivity index (χ1) is 11.0. The lowest BCUT2D eigenvalue weighted by Crippen LogP contribution is -2.43. The number of carbonyl (C=O) groups is 2. The van der Waals surface area contributed by atoms with E-state index in [0.717, 1.165) is 15.6 Å². The maximum Gasteiger partial charge on any atom is 0.223 e. The maximum absolute atomic E-state index is 12.6. The predicted molar refractivity (Wildman–Crippen MR) is 86.6 cm³/mol. The summed E-state index contributed by atoms with van der Waals surface area (Å²) in [5.74, 6) is 1.37. The SMILES string of the molecule is COc1cc(Br)c2c3c1OC1CC(=O)C=CC31CC(=O)N(C)C2. The summed E-state index contributed by atoms with van der Waals surface area (Å²) < 4.78 is 12.5. The molecule has 2 atom stereocenters. The third-order valence-electron chi connectivity index (χ3n) is 5.04. The number of ether oxygens (including phenoxy) is 2. The van der Waals surface area contributed by atoms with Crippen LogP contribution in [0.25, 0.3) is 0 Å². The van der Waals surface area contributed by atoms with Crippen molar-refractivity contribution < 1.29 is 19.1 Å². The van der Waals surface area contributed by atoms with Crippen molar-refractivity contribution in [3.8, 4) is 11.5 Å². The highest BCUT2D eigenvalue weighted by Crippen LogP contribution is 2.56. The molecule has 5 nitrogen and oxygen atoms in total. The van der Waals surface area contributed by atoms with E-state index in [1.807, 2.05) is 12.1 Å². The van der Waals surface area contributed by atoms with Crippen molar-refractivity contribution in [3.63, 3.8) is 0 Å². The molecule has 3 aliphatic rings. The average Bonchev–Trinajstić information content (AvgIpc) is 2.78. The fourth-order valence-corrected chi connectivity index (χ4v) is 4.38. The zero-order valence-electron chi connectivity index (χ0n) is 12.9. The van der Waals surface area contributed by atoms with Crippen LogP contribution in [0.2, 0.25) is 0 Å². The molecule has 1 spiro atoms. The van der Waals surface area contributed by atoms with Crippen molar-refractivity contribution in [1.29, 1.82) is 0 Å². The summed E-state index contributed by atoms with van der Waals surface area (Å²) in [6.07, 6.45) is 3.68. The van der Waals surface area contributed by atoms with E-state index in [1.54, 1.807) is 25.1 Å². The third-order valence-corrected chi connectivity index (χ3v) is 5.74. The number of allylic oxidation sites excluding steroid dienone is 1. The molecule has 0 saturated carbocycles. The van der Waals surface area contributed by atoms with Crippen LogP contribution in [-0.4, -0.2) is 36.9 Å². The summed E-state index contributed by atoms with van der Waals surface area (Å²) in [6, 6.07) is 1.87. The Balaban J connectivity index is 2.05. The molecule has 1 aromatic carbocycles. The van der Waals surface area contributed by atoms with E-state index in [1.165, 1.54) is 0 Å². The highest BCUT2D eigenvalue weighted by atomic mass is 79.9. The van der Waals surface area contributed by atoms with Gasteiger partial charge in [0.2, 0.25) is 5.91 Å². The summed E-state index contributed by atoms with van der Waals surface area (Å²) in [6.45, 7) is 0.505. The van der Waals surface area contributed by atoms with E-state index in [-0.39, 0.29) is 24.2 Å². The fraction of sp³-hybridized carbons (Fsp3) is 0.412. The summed E-state index contributed by atoms with van der Waals surface area (Å²) >= 11 is 3.61. The molecule has 0 saturated heterocycles. The van der Waals surface area contributed by atoms with E-state index < -0.39 is 5.41 Å². The normalized spacial score (nSPS) is 28.1. The van der Waals surface area contributed by atoms with Gasteiger partial charge < -0.3 is 14.4 Å². The molecule has 6 heteroatoms. The second-order valence-corrected chi connectivity index (χ2v) is 7.17. The molecule has 1 aromatic rings. The third kappa shape index (κ3) is 1.90. The molecule has 1 aliphatic carbocycles. The van der Waals surface area contributed by atoms with Crippen LogP contribution < -0.4 is 9.47 Å². The minimum absolute atomic E-state index is 0.0260. The number of rotatable bonds is 1. The first-order valence-corrected chi connectivity index (χ1v) is 8.28. The summed E-state index contributed by atoms with van der Waals surface area (Å²) in [5.41, 5.74) is 1.42. The number of ketones is 1. The van der Waals surface area contributed by atoms with Gasteiger partial charge in [0.1, 0.15) is 6.10 Å². The van der Waals surface area contributed by atoms with Crippen LogP contribution in [-0.2, 0) is 21.5 Å². The van der Waals surface area contributed by atoms with Crippen LogP contribution in [0.5, 0.6) is 11.5 Å². The molecule has 23 heavy (non-hydrogen) atoms. The summed E-state index contributed by atoms with van der Waals surface area (Å²) in [7, 11) is 3.40. The highest BCUT2D eigenvalue weighted by molar-refractivity contribution is 9.10. The highest BCUT2D eigenvalue weighted by Gasteiger charge is 2.55. The van der Waals surface area contributed by atoms with Crippen molar-refractivity contribution in [2.75, 3.05) is 14.2 Å². The molecule has 2 heterocycles. The Labute approximate surface area is 142 Å². The molecular weight excluding hydrogens is 362 g/mol. The molecule has 0 fully saturated rings. The van der Waals surface area contributed by atoms with Crippen molar-refractivity contribution in [2.24, 2.45) is 0 Å². The number of halogens is 1. The topological polar surface area (TPSA) is 55.8 Å². The molecule has 0 bridgehead atoms. The van der Waals surface area contributed by atoms with Crippen molar-refractivity contribution in [2.45, 2.75) is 30.9 Å². The van der Waals surface area contributed by atoms with Crippen LogP contribution >= 0.6 is 15.9 Å². The first-order valence-electron chi connectivity index (χ1n) is 7.49. The monoisotopic (exact) mass is 377 g/mol. The first kappa shape index (κ1) is 14.8. The van der Waals surface area contributed by atoms with E-state index in [9.17, 15) is 9.59 Å². The van der Waals surface area contributed by atoms with E-state index in [4.69, 9.17) is 9.47 Å². The second kappa shape index (κ2) is 4.84. The van der Waals surface area contributed by atoms with Gasteiger partial charge in [-0.1, -0.05) is 22.0 Å². The van der Waals surface area contributed by atoms with Gasteiger partial charge in [-0.2, -0.15) is 0 Å². The Morgan fingerprint density at radius 1 is 1.43 bits per heavy atom. The Morgan fingerprint density at radius 2 is 2.22 bits per heavy atom. The molecular formula is C17H16BrNO4. The Morgan fingerprint density at radius 3 is 2.96 bits per heavy atom. The van der Waals surface area contributed by atoms with Crippen LogP contribution in [0.1, 0.15) is 24.0 Å². The van der Waals surface area contributed by atoms with Crippen LogP contribution in [0.15, 0.2) is 22.7 Å². The van der Waals surface area contributed by atoms with Crippen molar-refractivity contribution in [3.05, 3.63) is 33.8 Å². The van der Waals surface area contributed by atoms with Crippen LogP contribution in [0, 0.1) is 0 Å². The number of methoxy groups -OCH3 is 1. The molecule has 120 valence electrons. The van der Waals surface area contributed by atoms with Crippen molar-refractivity contribution in [1.82, 2.24) is 4.90 Å². The lowest BCUT2D eigenvalue weighted by Gasteiger charge is -2.32. The largest absolute Gasteiger partial charge is 0.493 e. The van der Waals surface area contributed by atoms with Gasteiger partial charge in [0.25, 0.3) is 0 Å². The van der Waals surface area contributed by atoms with Gasteiger partial charge in [-0.25, -0.2) is 0 Å². The smallest absolute Gasteiger partial charge is 0.223 e. The van der Waals surface area contributed by atoms with Crippen LogP contribution in [0.3, 0.4) is 0 Å². The Bertz CT molecular complexity index is 772. The van der Waals surface area contributed by atoms with E-state index in [0.29, 0.717) is 24.5 Å². The van der Waals surface area contributed by atoms with Gasteiger partial charge >= 0.3 is 0 Å². The molecule has 2 aliphatic heterocycles. The second-order valence-electron chi connectivity index (χ2n) is 6.32. The van der Waals surface area contributed by atoms with Gasteiger partial charge in [-0.05, 0) is 17.7 Å². The average molecular weight is 378 g/mol. The molecule has 0 aromatic heterocycles. The lowest BCUT2D eigenvalue weighted by atomic mass is 9.69. The van der Waals surface area contributed by atoms with Gasteiger partial charge in [0, 0.05) is 36.5 Å². The molecule has 2 unspecified atom stereocenters. The molecule has 4 rings (SSSR count).